The van der Waals surface area contributed by atoms with Gasteiger partial charge in [0.15, 0.2) is 11.2 Å². The number of benzene rings is 1. The lowest BCUT2D eigenvalue weighted by Gasteiger charge is -2.28. The van der Waals surface area contributed by atoms with Gasteiger partial charge in [-0.25, -0.2) is 4.98 Å². The van der Waals surface area contributed by atoms with Crippen molar-refractivity contribution in [3.8, 4) is 5.69 Å². The molecule has 10 heteroatoms. The molecule has 32 heavy (non-hydrogen) atoms. The van der Waals surface area contributed by atoms with Gasteiger partial charge in [0.25, 0.3) is 0 Å². The summed E-state index contributed by atoms with van der Waals surface area (Å²) >= 11 is 0. The van der Waals surface area contributed by atoms with Crippen molar-refractivity contribution in [1.29, 1.82) is 0 Å². The minimum absolute atomic E-state index is 0.428. The third kappa shape index (κ3) is 3.44. The summed E-state index contributed by atoms with van der Waals surface area (Å²) in [6.45, 7) is 2.18. The van der Waals surface area contributed by atoms with Gasteiger partial charge in [-0.3, -0.25) is 9.67 Å². The molecule has 0 bridgehead atoms. The van der Waals surface area contributed by atoms with E-state index in [9.17, 15) is 0 Å². The Kier molecular flexibility index (Phi) is 4.50. The van der Waals surface area contributed by atoms with E-state index in [2.05, 4.69) is 47.6 Å². The van der Waals surface area contributed by atoms with Crippen LogP contribution in [0.25, 0.3) is 27.8 Å². The van der Waals surface area contributed by atoms with Crippen LogP contribution in [0, 0.1) is 0 Å². The summed E-state index contributed by atoms with van der Waals surface area (Å²) in [5.41, 5.74) is 3.84. The minimum Gasteiger partial charge on any atom is -0.321 e. The van der Waals surface area contributed by atoms with Gasteiger partial charge in [-0.05, 0) is 51.2 Å². The standard InChI is InChI=1S/C22H22N10/c1-30-9-6-17(7-10-30)31-14-16(12-25-31)26-22-24-13-20-21(27-22)32(29-28-20)18-5-4-15-3-2-8-23-19(15)11-18/h2-5,8,11-14,17H,6-7,9-10H2,1H3,(H,24,26,27). The zero-order chi connectivity index (χ0) is 21.5. The fourth-order valence-corrected chi connectivity index (χ4v) is 4.14. The fourth-order valence-electron chi connectivity index (χ4n) is 4.14. The van der Waals surface area contributed by atoms with E-state index in [1.165, 1.54) is 0 Å². The first kappa shape index (κ1) is 18.8. The Bertz CT molecular complexity index is 1400. The van der Waals surface area contributed by atoms with Crippen molar-refractivity contribution < 1.29 is 0 Å². The average Bonchev–Trinajstić information content (AvgIpc) is 3.46. The molecule has 1 N–H and O–H groups in total. The number of piperidine rings is 1. The molecule has 5 aromatic rings. The normalized spacial score (nSPS) is 15.5. The van der Waals surface area contributed by atoms with Gasteiger partial charge < -0.3 is 10.2 Å². The van der Waals surface area contributed by atoms with Gasteiger partial charge in [-0.15, -0.1) is 5.10 Å². The Morgan fingerprint density at radius 2 is 1.94 bits per heavy atom. The zero-order valence-electron chi connectivity index (χ0n) is 17.6. The number of rotatable bonds is 4. The van der Waals surface area contributed by atoms with Gasteiger partial charge >= 0.3 is 0 Å². The van der Waals surface area contributed by atoms with Crippen molar-refractivity contribution in [2.45, 2.75) is 18.9 Å². The van der Waals surface area contributed by atoms with Crippen LogP contribution >= 0.6 is 0 Å². The molecule has 6 rings (SSSR count). The predicted molar refractivity (Wildman–Crippen MR) is 121 cm³/mol. The van der Waals surface area contributed by atoms with Crippen molar-refractivity contribution in [2.75, 3.05) is 25.5 Å². The number of nitrogens with one attached hydrogen (secondary N) is 1. The van der Waals surface area contributed by atoms with Crippen LogP contribution in [0.15, 0.2) is 55.1 Å². The van der Waals surface area contributed by atoms with Crippen LogP contribution in [0.5, 0.6) is 0 Å². The van der Waals surface area contributed by atoms with Gasteiger partial charge in [0, 0.05) is 17.8 Å². The van der Waals surface area contributed by atoms with Crippen LogP contribution in [0.4, 0.5) is 11.6 Å². The molecule has 1 aromatic carbocycles. The Balaban J connectivity index is 1.28. The number of hydrogen-bond donors (Lipinski definition) is 1. The van der Waals surface area contributed by atoms with Gasteiger partial charge in [0.1, 0.15) is 0 Å². The highest BCUT2D eigenvalue weighted by atomic mass is 15.4. The highest BCUT2D eigenvalue weighted by molar-refractivity contribution is 5.81. The second-order valence-corrected chi connectivity index (χ2v) is 8.15. The van der Waals surface area contributed by atoms with Crippen molar-refractivity contribution in [3.63, 3.8) is 0 Å². The molecule has 1 fully saturated rings. The third-order valence-electron chi connectivity index (χ3n) is 5.95. The van der Waals surface area contributed by atoms with E-state index in [0.29, 0.717) is 23.2 Å². The Morgan fingerprint density at radius 1 is 1.03 bits per heavy atom. The number of pyridine rings is 1. The van der Waals surface area contributed by atoms with E-state index < -0.39 is 0 Å². The highest BCUT2D eigenvalue weighted by Gasteiger charge is 2.19. The van der Waals surface area contributed by atoms with Crippen LogP contribution in [0.2, 0.25) is 0 Å². The molecule has 1 aliphatic heterocycles. The van der Waals surface area contributed by atoms with Gasteiger partial charge in [-0.2, -0.15) is 14.8 Å². The van der Waals surface area contributed by atoms with Gasteiger partial charge in [0.05, 0.1) is 35.3 Å². The summed E-state index contributed by atoms with van der Waals surface area (Å²) in [5.74, 6) is 0.475. The van der Waals surface area contributed by atoms with Crippen molar-refractivity contribution >= 4 is 33.7 Å². The molecule has 160 valence electrons. The maximum absolute atomic E-state index is 4.67. The van der Waals surface area contributed by atoms with Crippen LogP contribution < -0.4 is 5.32 Å². The van der Waals surface area contributed by atoms with E-state index in [1.807, 2.05) is 47.4 Å². The SMILES string of the molecule is CN1CCC(n2cc(Nc3ncc4nnn(-c5ccc6cccnc6c5)c4n3)cn2)CC1. The third-order valence-corrected chi connectivity index (χ3v) is 5.95. The molecule has 0 saturated carbocycles. The largest absolute Gasteiger partial charge is 0.321 e. The van der Waals surface area contributed by atoms with Crippen LogP contribution in [0.1, 0.15) is 18.9 Å². The van der Waals surface area contributed by atoms with E-state index in [-0.39, 0.29) is 0 Å². The first-order valence-electron chi connectivity index (χ1n) is 10.7. The Morgan fingerprint density at radius 3 is 2.84 bits per heavy atom. The van der Waals surface area contributed by atoms with Crippen molar-refractivity contribution in [2.24, 2.45) is 0 Å². The smallest absolute Gasteiger partial charge is 0.229 e. The molecule has 0 radical (unpaired) electrons. The number of fused-ring (bicyclic) bond motifs is 2. The van der Waals surface area contributed by atoms with E-state index >= 15 is 0 Å². The summed E-state index contributed by atoms with van der Waals surface area (Å²) in [6, 6.07) is 10.4. The first-order valence-corrected chi connectivity index (χ1v) is 10.7. The fraction of sp³-hybridized carbons (Fsp3) is 0.273. The van der Waals surface area contributed by atoms with Crippen molar-refractivity contribution in [1.82, 2.24) is 44.6 Å². The van der Waals surface area contributed by atoms with E-state index in [0.717, 1.165) is 48.2 Å². The molecular weight excluding hydrogens is 404 g/mol. The molecule has 0 atom stereocenters. The molecule has 1 aliphatic rings. The maximum atomic E-state index is 4.67. The monoisotopic (exact) mass is 426 g/mol. The second-order valence-electron chi connectivity index (χ2n) is 8.15. The quantitative estimate of drug-likeness (QED) is 0.468. The van der Waals surface area contributed by atoms with E-state index in [4.69, 9.17) is 0 Å². The lowest BCUT2D eigenvalue weighted by molar-refractivity contribution is 0.212. The lowest BCUT2D eigenvalue weighted by Crippen LogP contribution is -2.31. The second kappa shape index (κ2) is 7.65. The van der Waals surface area contributed by atoms with Gasteiger partial charge in [0.2, 0.25) is 5.95 Å². The predicted octanol–water partition coefficient (Wildman–Crippen LogP) is 2.97. The molecule has 0 amide bonds. The lowest BCUT2D eigenvalue weighted by atomic mass is 10.1. The van der Waals surface area contributed by atoms with Crippen molar-refractivity contribution in [3.05, 3.63) is 55.1 Å². The number of aromatic nitrogens is 8. The van der Waals surface area contributed by atoms with Crippen LogP contribution in [-0.2, 0) is 0 Å². The molecule has 1 saturated heterocycles. The maximum Gasteiger partial charge on any atom is 0.229 e. The summed E-state index contributed by atoms with van der Waals surface area (Å²) < 4.78 is 3.75. The molecule has 0 aliphatic carbocycles. The molecule has 0 spiro atoms. The molecule has 4 aromatic heterocycles. The molecule has 0 unspecified atom stereocenters. The highest BCUT2D eigenvalue weighted by Crippen LogP contribution is 2.24. The summed E-state index contributed by atoms with van der Waals surface area (Å²) in [6.07, 6.45) is 9.50. The first-order chi connectivity index (χ1) is 15.7. The van der Waals surface area contributed by atoms with Gasteiger partial charge in [-0.1, -0.05) is 17.3 Å². The number of hydrogen-bond acceptors (Lipinski definition) is 8. The Labute approximate surface area is 183 Å². The Hall–Kier alpha value is -3.92. The molecular formula is C22H22N10. The summed E-state index contributed by atoms with van der Waals surface area (Å²) in [4.78, 5) is 15.9. The average molecular weight is 426 g/mol. The summed E-state index contributed by atoms with van der Waals surface area (Å²) in [7, 11) is 2.16. The zero-order valence-corrected chi connectivity index (χ0v) is 17.6. The van der Waals surface area contributed by atoms with Crippen LogP contribution in [0.3, 0.4) is 0 Å². The van der Waals surface area contributed by atoms with Crippen LogP contribution in [-0.4, -0.2) is 64.8 Å². The molecule has 5 heterocycles. The topological polar surface area (TPSA) is 102 Å². The molecule has 10 nitrogen and oxygen atoms in total. The number of likely N-dealkylation sites (tertiary alicyclic amines) is 1. The minimum atomic E-state index is 0.428. The number of nitrogens with zero attached hydrogens (tertiary/aromatic N) is 9. The number of anilines is 2. The summed E-state index contributed by atoms with van der Waals surface area (Å²) in [5, 5.41) is 17.4. The van der Waals surface area contributed by atoms with E-state index in [1.54, 1.807) is 17.1 Å².